The summed E-state index contributed by atoms with van der Waals surface area (Å²) < 4.78 is 33.1. The highest BCUT2D eigenvalue weighted by molar-refractivity contribution is 7.45. The number of hydrogen-bond acceptors (Lipinski definition) is 7. The Morgan fingerprint density at radius 2 is 1.18 bits per heavy atom. The normalized spacial score (nSPS) is 15.1. The van der Waals surface area contributed by atoms with Crippen molar-refractivity contribution in [2.24, 2.45) is 0 Å². The maximum absolute atomic E-state index is 12.0. The van der Waals surface area contributed by atoms with Gasteiger partial charge < -0.3 is 27.9 Å². The summed E-state index contributed by atoms with van der Waals surface area (Å²) >= 11 is 0. The first-order valence-electron chi connectivity index (χ1n) is 16.6. The molecular formula is C36H62NO7P. The second kappa shape index (κ2) is 29.3. The Morgan fingerprint density at radius 3 is 1.69 bits per heavy atom. The zero-order valence-corrected chi connectivity index (χ0v) is 29.7. The highest BCUT2D eigenvalue weighted by atomic mass is 31.2. The topological polar surface area (TPSA) is 94.1 Å². The van der Waals surface area contributed by atoms with Gasteiger partial charge in [-0.15, -0.1) is 0 Å². The molecule has 2 unspecified atom stereocenters. The maximum atomic E-state index is 12.0. The van der Waals surface area contributed by atoms with E-state index in [1.807, 2.05) is 21.1 Å². The van der Waals surface area contributed by atoms with Crippen molar-refractivity contribution in [1.82, 2.24) is 0 Å². The van der Waals surface area contributed by atoms with Crippen LogP contribution in [0.15, 0.2) is 72.9 Å². The fraction of sp³-hybridized carbons (Fsp3) is 0.639. The Morgan fingerprint density at radius 1 is 0.689 bits per heavy atom. The van der Waals surface area contributed by atoms with Gasteiger partial charge in [0.05, 0.1) is 34.4 Å². The molecule has 0 saturated heterocycles. The Kier molecular flexibility index (Phi) is 28.0. The van der Waals surface area contributed by atoms with Crippen LogP contribution in [0.3, 0.4) is 0 Å². The van der Waals surface area contributed by atoms with Gasteiger partial charge in [-0.2, -0.15) is 0 Å². The van der Waals surface area contributed by atoms with Gasteiger partial charge in [0.25, 0.3) is 7.82 Å². The standard InChI is InChI=1S/C36H62NO7P/c1-6-7-8-9-10-11-12-13-14-15-16-17-18-19-20-21-22-23-24-25-26-27-28-29-31-41-33-36(44-35(2)38)34-43-45(39,40)42-32-30-37(3,4)5/h7-8,10-11,13-14,16-17,19-20,22-23,36H,6,9,12,15,18,21,24-34H2,1-5H3/b8-7-,11-10-,14-13-,17-16-,20-19-,23-22-. The zero-order chi connectivity index (χ0) is 33.5. The van der Waals surface area contributed by atoms with Crippen molar-refractivity contribution in [3.8, 4) is 0 Å². The number of hydrogen-bond donors (Lipinski definition) is 0. The largest absolute Gasteiger partial charge is 0.756 e. The summed E-state index contributed by atoms with van der Waals surface area (Å²) in [6.45, 7) is 4.19. The lowest BCUT2D eigenvalue weighted by atomic mass is 10.1. The molecule has 0 aromatic rings. The summed E-state index contributed by atoms with van der Waals surface area (Å²) in [7, 11) is 1.31. The minimum Gasteiger partial charge on any atom is -0.756 e. The quantitative estimate of drug-likeness (QED) is 0.0265. The minimum atomic E-state index is -4.48. The Labute approximate surface area is 274 Å². The van der Waals surface area contributed by atoms with E-state index in [1.54, 1.807) is 0 Å². The van der Waals surface area contributed by atoms with Crippen molar-refractivity contribution >= 4 is 13.8 Å². The van der Waals surface area contributed by atoms with E-state index < -0.39 is 19.9 Å². The predicted molar refractivity (Wildman–Crippen MR) is 185 cm³/mol. The lowest BCUT2D eigenvalue weighted by Crippen LogP contribution is -2.37. The van der Waals surface area contributed by atoms with E-state index in [-0.39, 0.29) is 19.8 Å². The number of phosphoric ester groups is 1. The van der Waals surface area contributed by atoms with E-state index in [0.29, 0.717) is 17.6 Å². The van der Waals surface area contributed by atoms with Gasteiger partial charge in [-0.05, 0) is 57.8 Å². The van der Waals surface area contributed by atoms with Crippen LogP contribution in [0.4, 0.5) is 0 Å². The summed E-state index contributed by atoms with van der Waals surface area (Å²) in [5, 5.41) is 0. The van der Waals surface area contributed by atoms with Crippen LogP contribution in [0, 0.1) is 0 Å². The first-order chi connectivity index (χ1) is 21.6. The lowest BCUT2D eigenvalue weighted by Gasteiger charge is -2.28. The third-order valence-electron chi connectivity index (χ3n) is 6.32. The molecular weight excluding hydrogens is 589 g/mol. The molecule has 0 saturated carbocycles. The van der Waals surface area contributed by atoms with Crippen LogP contribution in [0.25, 0.3) is 0 Å². The Hall–Kier alpha value is -2.06. The Balaban J connectivity index is 3.80. The summed E-state index contributed by atoms with van der Waals surface area (Å²) in [4.78, 5) is 23.4. The monoisotopic (exact) mass is 651 g/mol. The number of carbonyl (C=O) groups is 1. The smallest absolute Gasteiger partial charge is 0.303 e. The molecule has 0 radical (unpaired) electrons. The van der Waals surface area contributed by atoms with Gasteiger partial charge in [0.1, 0.15) is 19.3 Å². The van der Waals surface area contributed by atoms with Crippen LogP contribution < -0.4 is 4.89 Å². The number of unbranched alkanes of at least 4 members (excludes halogenated alkanes) is 5. The fourth-order valence-corrected chi connectivity index (χ4v) is 4.57. The van der Waals surface area contributed by atoms with Gasteiger partial charge in [0.15, 0.2) is 0 Å². The molecule has 0 aromatic heterocycles. The van der Waals surface area contributed by atoms with Crippen molar-refractivity contribution < 1.29 is 37.3 Å². The number of quaternary nitrogens is 1. The lowest BCUT2D eigenvalue weighted by molar-refractivity contribution is -0.870. The number of ether oxygens (including phenoxy) is 2. The predicted octanol–water partition coefficient (Wildman–Crippen LogP) is 8.18. The third kappa shape index (κ3) is 34.7. The second-order valence-corrected chi connectivity index (χ2v) is 13.3. The number of carbonyl (C=O) groups excluding carboxylic acids is 1. The van der Waals surface area contributed by atoms with Gasteiger partial charge in [0.2, 0.25) is 0 Å². The molecule has 0 N–H and O–H groups in total. The van der Waals surface area contributed by atoms with Crippen molar-refractivity contribution in [2.75, 3.05) is 54.1 Å². The molecule has 0 fully saturated rings. The first-order valence-corrected chi connectivity index (χ1v) is 18.1. The van der Waals surface area contributed by atoms with E-state index in [1.165, 1.54) is 19.8 Å². The molecule has 0 heterocycles. The molecule has 0 amide bonds. The summed E-state index contributed by atoms with van der Waals surface area (Å²) in [5.74, 6) is -0.522. The Bertz CT molecular complexity index is 948. The fourth-order valence-electron chi connectivity index (χ4n) is 3.84. The molecule has 0 rings (SSSR count). The number of allylic oxidation sites excluding steroid dienone is 12. The first kappa shape index (κ1) is 42.9. The summed E-state index contributed by atoms with van der Waals surface area (Å²) in [5.41, 5.74) is 0. The number of phosphoric acid groups is 1. The molecule has 0 aliphatic carbocycles. The summed E-state index contributed by atoms with van der Waals surface area (Å²) in [6.07, 6.45) is 38.4. The van der Waals surface area contributed by atoms with Gasteiger partial charge in [-0.3, -0.25) is 9.36 Å². The maximum Gasteiger partial charge on any atom is 0.303 e. The molecule has 9 heteroatoms. The summed E-state index contributed by atoms with van der Waals surface area (Å²) in [6, 6.07) is 0. The van der Waals surface area contributed by atoms with Crippen LogP contribution in [-0.2, 0) is 27.9 Å². The third-order valence-corrected chi connectivity index (χ3v) is 7.29. The van der Waals surface area contributed by atoms with E-state index >= 15 is 0 Å². The van der Waals surface area contributed by atoms with Crippen molar-refractivity contribution in [3.05, 3.63) is 72.9 Å². The molecule has 0 aliphatic rings. The highest BCUT2D eigenvalue weighted by Gasteiger charge is 2.19. The van der Waals surface area contributed by atoms with E-state index in [4.69, 9.17) is 18.5 Å². The average Bonchev–Trinajstić information content (AvgIpc) is 2.96. The van der Waals surface area contributed by atoms with Crippen LogP contribution >= 0.6 is 7.82 Å². The number of nitrogens with zero attached hydrogens (tertiary/aromatic N) is 1. The van der Waals surface area contributed by atoms with Crippen molar-refractivity contribution in [1.29, 1.82) is 0 Å². The zero-order valence-electron chi connectivity index (χ0n) is 28.8. The number of esters is 1. The highest BCUT2D eigenvalue weighted by Crippen LogP contribution is 2.38. The molecule has 8 nitrogen and oxygen atoms in total. The van der Waals surface area contributed by atoms with Crippen LogP contribution in [0.2, 0.25) is 0 Å². The van der Waals surface area contributed by atoms with Gasteiger partial charge >= 0.3 is 5.97 Å². The van der Waals surface area contributed by atoms with E-state index in [0.717, 1.165) is 64.2 Å². The average molecular weight is 652 g/mol. The van der Waals surface area contributed by atoms with Crippen LogP contribution in [0.1, 0.15) is 90.9 Å². The van der Waals surface area contributed by atoms with Gasteiger partial charge in [-0.1, -0.05) is 99.1 Å². The molecule has 2 atom stereocenters. The molecule has 258 valence electrons. The molecule has 0 spiro atoms. The van der Waals surface area contributed by atoms with Crippen molar-refractivity contribution in [2.45, 2.75) is 97.0 Å². The number of likely N-dealkylation sites (N-methyl/N-ethyl adjacent to an activating group) is 1. The van der Waals surface area contributed by atoms with Crippen LogP contribution in [0.5, 0.6) is 0 Å². The van der Waals surface area contributed by atoms with E-state index in [2.05, 4.69) is 79.8 Å². The van der Waals surface area contributed by atoms with Crippen LogP contribution in [-0.4, -0.2) is 70.7 Å². The minimum absolute atomic E-state index is 0.0143. The van der Waals surface area contributed by atoms with Gasteiger partial charge in [-0.25, -0.2) is 0 Å². The molecule has 45 heavy (non-hydrogen) atoms. The SMILES string of the molecule is CC/C=C\C/C=C\C/C=C\C/C=C\C/C=C\C/C=C\CCCCCCCOCC(COP(=O)([O-])OCC[N+](C)(C)C)OC(C)=O. The number of rotatable bonds is 29. The van der Waals surface area contributed by atoms with Gasteiger partial charge in [0, 0.05) is 13.5 Å². The molecule has 0 aliphatic heterocycles. The van der Waals surface area contributed by atoms with Crippen molar-refractivity contribution in [3.63, 3.8) is 0 Å². The second-order valence-electron chi connectivity index (χ2n) is 11.9. The van der Waals surface area contributed by atoms with E-state index in [9.17, 15) is 14.3 Å². The molecule has 0 bridgehead atoms. The molecule has 0 aromatic carbocycles.